The fourth-order valence-electron chi connectivity index (χ4n) is 4.03. The zero-order valence-electron chi connectivity index (χ0n) is 18.9. The zero-order chi connectivity index (χ0) is 23.5. The van der Waals surface area contributed by atoms with Crippen LogP contribution in [0, 0.1) is 0 Å². The minimum atomic E-state index is -0.529. The Hall–Kier alpha value is -3.16. The summed E-state index contributed by atoms with van der Waals surface area (Å²) >= 11 is 6.11. The molecule has 8 heteroatoms. The molecule has 0 atom stereocenters. The number of halogens is 1. The van der Waals surface area contributed by atoms with E-state index >= 15 is 0 Å². The summed E-state index contributed by atoms with van der Waals surface area (Å²) in [4.78, 5) is 32.7. The Kier molecular flexibility index (Phi) is 6.81. The van der Waals surface area contributed by atoms with E-state index in [1.165, 1.54) is 7.11 Å². The second kappa shape index (κ2) is 9.77. The average molecular weight is 468 g/mol. The first-order valence-corrected chi connectivity index (χ1v) is 11.2. The molecule has 4 rings (SSSR count). The SMILES string of the molecule is COc1ccc(NC(=O)COC(=O)c2c3c(nc4ccccc24)CCN(C(C)C)C3)cc1Cl. The van der Waals surface area contributed by atoms with Crippen LogP contribution in [0.15, 0.2) is 42.5 Å². The number of para-hydroxylation sites is 1. The minimum Gasteiger partial charge on any atom is -0.495 e. The summed E-state index contributed by atoms with van der Waals surface area (Å²) < 4.78 is 10.6. The Morgan fingerprint density at radius 3 is 2.73 bits per heavy atom. The highest BCUT2D eigenvalue weighted by Crippen LogP contribution is 2.30. The number of benzene rings is 2. The topological polar surface area (TPSA) is 80.8 Å². The first-order valence-electron chi connectivity index (χ1n) is 10.8. The van der Waals surface area contributed by atoms with Gasteiger partial charge < -0.3 is 14.8 Å². The number of carbonyl (C=O) groups excluding carboxylic acids is 2. The molecule has 0 fully saturated rings. The molecular weight excluding hydrogens is 442 g/mol. The van der Waals surface area contributed by atoms with E-state index in [-0.39, 0.29) is 0 Å². The summed E-state index contributed by atoms with van der Waals surface area (Å²) in [5, 5.41) is 3.79. The predicted molar refractivity (Wildman–Crippen MR) is 128 cm³/mol. The van der Waals surface area contributed by atoms with Gasteiger partial charge in [-0.3, -0.25) is 14.7 Å². The number of methoxy groups -OCH3 is 1. The first kappa shape index (κ1) is 23.0. The summed E-state index contributed by atoms with van der Waals surface area (Å²) in [6.07, 6.45) is 0.761. The molecule has 1 aliphatic rings. The number of aromatic nitrogens is 1. The number of esters is 1. The molecule has 1 aliphatic heterocycles. The van der Waals surface area contributed by atoms with Gasteiger partial charge in [-0.15, -0.1) is 0 Å². The standard InChI is InChI=1S/C25H26ClN3O4/c1-15(2)29-11-10-21-18(13-29)24(17-6-4-5-7-20(17)28-21)25(31)33-14-23(30)27-16-8-9-22(32-3)19(26)12-16/h4-9,12,15H,10-11,13-14H2,1-3H3,(H,27,30). The van der Waals surface area contributed by atoms with E-state index in [1.807, 2.05) is 24.3 Å². The van der Waals surface area contributed by atoms with Gasteiger partial charge in [0.05, 0.1) is 23.2 Å². The Morgan fingerprint density at radius 2 is 2.00 bits per heavy atom. The van der Waals surface area contributed by atoms with E-state index in [4.69, 9.17) is 26.1 Å². The van der Waals surface area contributed by atoms with Crippen molar-refractivity contribution in [1.29, 1.82) is 0 Å². The lowest BCUT2D eigenvalue weighted by Gasteiger charge is -2.32. The number of carbonyl (C=O) groups is 2. The fourth-order valence-corrected chi connectivity index (χ4v) is 4.29. The molecule has 0 saturated carbocycles. The number of nitrogens with one attached hydrogen (secondary N) is 1. The third-order valence-corrected chi connectivity index (χ3v) is 6.08. The Balaban J connectivity index is 1.55. The molecule has 0 radical (unpaired) electrons. The monoisotopic (exact) mass is 467 g/mol. The molecule has 1 amide bonds. The Morgan fingerprint density at radius 1 is 1.21 bits per heavy atom. The van der Waals surface area contributed by atoms with Gasteiger partial charge in [-0.2, -0.15) is 0 Å². The molecular formula is C25H26ClN3O4. The number of ether oxygens (including phenoxy) is 2. The van der Waals surface area contributed by atoms with Crippen LogP contribution in [0.3, 0.4) is 0 Å². The van der Waals surface area contributed by atoms with Crippen LogP contribution in [0.4, 0.5) is 5.69 Å². The van der Waals surface area contributed by atoms with Crippen molar-refractivity contribution in [2.24, 2.45) is 0 Å². The van der Waals surface area contributed by atoms with E-state index in [0.717, 1.165) is 35.1 Å². The van der Waals surface area contributed by atoms with Gasteiger partial charge in [-0.25, -0.2) is 4.79 Å². The Bertz CT molecular complexity index is 1210. The maximum atomic E-state index is 13.2. The number of nitrogens with zero attached hydrogens (tertiary/aromatic N) is 2. The summed E-state index contributed by atoms with van der Waals surface area (Å²) in [6.45, 7) is 5.35. The maximum Gasteiger partial charge on any atom is 0.339 e. The van der Waals surface area contributed by atoms with Crippen molar-refractivity contribution in [2.45, 2.75) is 32.9 Å². The molecule has 0 saturated heterocycles. The van der Waals surface area contributed by atoms with Gasteiger partial charge in [0.25, 0.3) is 5.91 Å². The second-order valence-corrected chi connectivity index (χ2v) is 8.62. The van der Waals surface area contributed by atoms with Crippen molar-refractivity contribution in [3.63, 3.8) is 0 Å². The van der Waals surface area contributed by atoms with E-state index in [0.29, 0.717) is 34.6 Å². The van der Waals surface area contributed by atoms with Gasteiger partial charge >= 0.3 is 5.97 Å². The normalized spacial score (nSPS) is 13.6. The number of hydrogen-bond donors (Lipinski definition) is 1. The molecule has 172 valence electrons. The third-order valence-electron chi connectivity index (χ3n) is 5.78. The smallest absolute Gasteiger partial charge is 0.339 e. The average Bonchev–Trinajstić information content (AvgIpc) is 2.80. The number of rotatable bonds is 6. The van der Waals surface area contributed by atoms with Crippen LogP contribution in [0.5, 0.6) is 5.75 Å². The molecule has 2 aromatic carbocycles. The lowest BCUT2D eigenvalue weighted by Crippen LogP contribution is -2.37. The number of pyridine rings is 1. The largest absolute Gasteiger partial charge is 0.495 e. The molecule has 33 heavy (non-hydrogen) atoms. The van der Waals surface area contributed by atoms with Crippen molar-refractivity contribution in [3.05, 3.63) is 64.3 Å². The molecule has 0 unspecified atom stereocenters. The van der Waals surface area contributed by atoms with Gasteiger partial charge in [0.1, 0.15) is 5.75 Å². The summed E-state index contributed by atoms with van der Waals surface area (Å²) in [5.41, 5.74) is 3.51. The summed E-state index contributed by atoms with van der Waals surface area (Å²) in [7, 11) is 1.51. The number of anilines is 1. The highest BCUT2D eigenvalue weighted by Gasteiger charge is 2.27. The minimum absolute atomic E-state index is 0.343. The van der Waals surface area contributed by atoms with Crippen molar-refractivity contribution >= 4 is 40.1 Å². The molecule has 0 aliphatic carbocycles. The molecule has 3 aromatic rings. The zero-order valence-corrected chi connectivity index (χ0v) is 19.6. The number of fused-ring (bicyclic) bond motifs is 2. The summed E-state index contributed by atoms with van der Waals surface area (Å²) in [6, 6.07) is 12.8. The maximum absolute atomic E-state index is 13.2. The van der Waals surface area contributed by atoms with Crippen LogP contribution in [0.1, 0.15) is 35.5 Å². The van der Waals surface area contributed by atoms with Crippen LogP contribution < -0.4 is 10.1 Å². The number of amides is 1. The van der Waals surface area contributed by atoms with Gasteiger partial charge in [-0.1, -0.05) is 29.8 Å². The predicted octanol–water partition coefficient (Wildman–Crippen LogP) is 4.46. The molecule has 2 heterocycles. The Labute approximate surface area is 197 Å². The lowest BCUT2D eigenvalue weighted by atomic mass is 9.95. The van der Waals surface area contributed by atoms with Gasteiger partial charge in [0.2, 0.25) is 0 Å². The van der Waals surface area contributed by atoms with Gasteiger partial charge in [0.15, 0.2) is 6.61 Å². The molecule has 1 aromatic heterocycles. The van der Waals surface area contributed by atoms with Gasteiger partial charge in [0, 0.05) is 47.9 Å². The van der Waals surface area contributed by atoms with Crippen molar-refractivity contribution in [2.75, 3.05) is 25.6 Å². The highest BCUT2D eigenvalue weighted by molar-refractivity contribution is 6.32. The van der Waals surface area contributed by atoms with E-state index in [1.54, 1.807) is 18.2 Å². The summed E-state index contributed by atoms with van der Waals surface area (Å²) in [5.74, 6) is -0.482. The molecule has 7 nitrogen and oxygen atoms in total. The van der Waals surface area contributed by atoms with Crippen LogP contribution in [0.25, 0.3) is 10.9 Å². The molecule has 0 bridgehead atoms. The fraction of sp³-hybridized carbons (Fsp3) is 0.320. The molecule has 1 N–H and O–H groups in total. The van der Waals surface area contributed by atoms with Crippen molar-refractivity contribution in [1.82, 2.24) is 9.88 Å². The van der Waals surface area contributed by atoms with Crippen LogP contribution in [0.2, 0.25) is 5.02 Å². The first-order chi connectivity index (χ1) is 15.9. The quantitative estimate of drug-likeness (QED) is 0.539. The third kappa shape index (κ3) is 4.94. The van der Waals surface area contributed by atoms with Crippen LogP contribution in [-0.2, 0) is 22.5 Å². The van der Waals surface area contributed by atoms with E-state index < -0.39 is 18.5 Å². The van der Waals surface area contributed by atoms with Crippen LogP contribution in [-0.4, -0.2) is 48.1 Å². The van der Waals surface area contributed by atoms with E-state index in [9.17, 15) is 9.59 Å². The lowest BCUT2D eigenvalue weighted by molar-refractivity contribution is -0.119. The van der Waals surface area contributed by atoms with Gasteiger partial charge in [-0.05, 0) is 38.1 Å². The van der Waals surface area contributed by atoms with Crippen molar-refractivity contribution in [3.8, 4) is 5.75 Å². The number of hydrogen-bond acceptors (Lipinski definition) is 6. The van der Waals surface area contributed by atoms with Crippen molar-refractivity contribution < 1.29 is 19.1 Å². The second-order valence-electron chi connectivity index (χ2n) is 8.22. The highest BCUT2D eigenvalue weighted by atomic mass is 35.5. The van der Waals surface area contributed by atoms with Crippen LogP contribution >= 0.6 is 11.6 Å². The molecule has 0 spiro atoms. The van der Waals surface area contributed by atoms with E-state index in [2.05, 4.69) is 24.1 Å².